The predicted molar refractivity (Wildman–Crippen MR) is 91.2 cm³/mol. The van der Waals surface area contributed by atoms with E-state index in [9.17, 15) is 0 Å². The van der Waals surface area contributed by atoms with Crippen molar-refractivity contribution in [3.8, 4) is 11.5 Å². The molecule has 0 fully saturated rings. The fourth-order valence-electron chi connectivity index (χ4n) is 2.71. The van der Waals surface area contributed by atoms with Crippen molar-refractivity contribution in [2.24, 2.45) is 0 Å². The lowest BCUT2D eigenvalue weighted by molar-refractivity contribution is 0.196. The number of methoxy groups -OCH3 is 1. The van der Waals surface area contributed by atoms with Gasteiger partial charge < -0.3 is 9.47 Å². The Labute approximate surface area is 138 Å². The van der Waals surface area contributed by atoms with E-state index in [1.54, 1.807) is 7.11 Å². The monoisotopic (exact) mass is 319 g/mol. The van der Waals surface area contributed by atoms with E-state index in [0.29, 0.717) is 6.61 Å². The van der Waals surface area contributed by atoms with Crippen molar-refractivity contribution in [1.82, 2.24) is 4.90 Å². The molecule has 1 heterocycles. The normalized spacial score (nSPS) is 13.9. The summed E-state index contributed by atoms with van der Waals surface area (Å²) < 4.78 is 10.9. The van der Waals surface area contributed by atoms with Gasteiger partial charge in [-0.25, -0.2) is 0 Å². The average Bonchev–Trinajstić information content (AvgIpc) is 2.55. The van der Waals surface area contributed by atoms with Crippen LogP contribution in [0.25, 0.3) is 0 Å². The van der Waals surface area contributed by atoms with Gasteiger partial charge in [0, 0.05) is 19.6 Å². The van der Waals surface area contributed by atoms with Crippen LogP contribution in [0.4, 0.5) is 0 Å². The SMILES string of the molecule is COc1ccc(OCCN2CCc3ccccc3C2)cc1.Cl. The molecule has 0 N–H and O–H groups in total. The minimum absolute atomic E-state index is 0. The molecule has 0 saturated heterocycles. The molecular weight excluding hydrogens is 298 g/mol. The van der Waals surface area contributed by atoms with Crippen LogP contribution < -0.4 is 9.47 Å². The molecule has 0 unspecified atom stereocenters. The summed E-state index contributed by atoms with van der Waals surface area (Å²) in [6, 6.07) is 16.5. The van der Waals surface area contributed by atoms with Gasteiger partial charge in [0.25, 0.3) is 0 Å². The molecule has 3 nitrogen and oxygen atoms in total. The van der Waals surface area contributed by atoms with Gasteiger partial charge in [-0.15, -0.1) is 12.4 Å². The predicted octanol–water partition coefficient (Wildman–Crippen LogP) is 3.55. The van der Waals surface area contributed by atoms with Gasteiger partial charge in [0.05, 0.1) is 7.11 Å². The summed E-state index contributed by atoms with van der Waals surface area (Å²) in [5, 5.41) is 0. The standard InChI is InChI=1S/C18H21NO2.ClH/c1-20-17-6-8-18(9-7-17)21-13-12-19-11-10-15-4-2-3-5-16(15)14-19;/h2-9H,10-14H2,1H3;1H. The average molecular weight is 320 g/mol. The first-order chi connectivity index (χ1) is 10.3. The van der Waals surface area contributed by atoms with Gasteiger partial charge in [0.1, 0.15) is 18.1 Å². The number of fused-ring (bicyclic) bond motifs is 1. The van der Waals surface area contributed by atoms with E-state index in [1.807, 2.05) is 24.3 Å². The number of hydrogen-bond acceptors (Lipinski definition) is 3. The van der Waals surface area contributed by atoms with E-state index in [1.165, 1.54) is 11.1 Å². The molecule has 0 spiro atoms. The lowest BCUT2D eigenvalue weighted by Gasteiger charge is -2.28. The number of hydrogen-bond donors (Lipinski definition) is 0. The molecule has 1 aliphatic heterocycles. The molecule has 0 saturated carbocycles. The third-order valence-corrected chi connectivity index (χ3v) is 3.95. The van der Waals surface area contributed by atoms with Crippen LogP contribution >= 0.6 is 12.4 Å². The van der Waals surface area contributed by atoms with E-state index in [0.717, 1.165) is 37.6 Å². The maximum absolute atomic E-state index is 5.80. The van der Waals surface area contributed by atoms with Gasteiger partial charge in [0.15, 0.2) is 0 Å². The van der Waals surface area contributed by atoms with Crippen LogP contribution in [0.1, 0.15) is 11.1 Å². The van der Waals surface area contributed by atoms with Crippen LogP contribution in [0.3, 0.4) is 0 Å². The van der Waals surface area contributed by atoms with Gasteiger partial charge in [0.2, 0.25) is 0 Å². The summed E-state index contributed by atoms with van der Waals surface area (Å²) in [6.07, 6.45) is 1.14. The second-order valence-corrected chi connectivity index (χ2v) is 5.32. The quantitative estimate of drug-likeness (QED) is 0.841. The highest BCUT2D eigenvalue weighted by molar-refractivity contribution is 5.85. The summed E-state index contributed by atoms with van der Waals surface area (Å²) in [5.74, 6) is 1.75. The Balaban J connectivity index is 0.00000176. The van der Waals surface area contributed by atoms with E-state index in [-0.39, 0.29) is 12.4 Å². The van der Waals surface area contributed by atoms with Crippen LogP contribution in [-0.2, 0) is 13.0 Å². The Morgan fingerprint density at radius 1 is 0.955 bits per heavy atom. The lowest BCUT2D eigenvalue weighted by Crippen LogP contribution is -2.33. The molecule has 4 heteroatoms. The molecule has 1 aliphatic rings. The summed E-state index contributed by atoms with van der Waals surface area (Å²) in [6.45, 7) is 3.82. The van der Waals surface area contributed by atoms with Crippen LogP contribution in [0, 0.1) is 0 Å². The topological polar surface area (TPSA) is 21.7 Å². The molecule has 0 bridgehead atoms. The van der Waals surface area contributed by atoms with Crippen molar-refractivity contribution in [2.45, 2.75) is 13.0 Å². The molecule has 0 radical (unpaired) electrons. The van der Waals surface area contributed by atoms with Crippen LogP contribution in [0.2, 0.25) is 0 Å². The molecule has 118 valence electrons. The molecule has 0 aromatic heterocycles. The summed E-state index contributed by atoms with van der Waals surface area (Å²) in [7, 11) is 1.67. The van der Waals surface area contributed by atoms with Crippen LogP contribution in [0.15, 0.2) is 48.5 Å². The third kappa shape index (κ3) is 4.15. The Hall–Kier alpha value is -1.71. The Morgan fingerprint density at radius 3 is 2.36 bits per heavy atom. The first-order valence-electron chi connectivity index (χ1n) is 7.41. The van der Waals surface area contributed by atoms with Gasteiger partial charge >= 0.3 is 0 Å². The highest BCUT2D eigenvalue weighted by atomic mass is 35.5. The second-order valence-electron chi connectivity index (χ2n) is 5.32. The van der Waals surface area contributed by atoms with Crippen LogP contribution in [0.5, 0.6) is 11.5 Å². The van der Waals surface area contributed by atoms with Crippen molar-refractivity contribution in [3.05, 3.63) is 59.7 Å². The largest absolute Gasteiger partial charge is 0.497 e. The molecule has 2 aromatic carbocycles. The first-order valence-corrected chi connectivity index (χ1v) is 7.41. The molecular formula is C18H22ClNO2. The fraction of sp³-hybridized carbons (Fsp3) is 0.333. The lowest BCUT2D eigenvalue weighted by atomic mass is 10.0. The van der Waals surface area contributed by atoms with Crippen molar-refractivity contribution < 1.29 is 9.47 Å². The van der Waals surface area contributed by atoms with Gasteiger partial charge in [-0.2, -0.15) is 0 Å². The highest BCUT2D eigenvalue weighted by Gasteiger charge is 2.15. The van der Waals surface area contributed by atoms with Crippen molar-refractivity contribution in [1.29, 1.82) is 0 Å². The van der Waals surface area contributed by atoms with Gasteiger partial charge in [-0.05, 0) is 41.8 Å². The maximum atomic E-state index is 5.80. The molecule has 0 atom stereocenters. The highest BCUT2D eigenvalue weighted by Crippen LogP contribution is 2.19. The van der Waals surface area contributed by atoms with Crippen molar-refractivity contribution >= 4 is 12.4 Å². The zero-order valence-corrected chi connectivity index (χ0v) is 13.6. The fourth-order valence-corrected chi connectivity index (χ4v) is 2.71. The summed E-state index contributed by atoms with van der Waals surface area (Å²) in [4.78, 5) is 2.45. The van der Waals surface area contributed by atoms with E-state index in [4.69, 9.17) is 9.47 Å². The minimum atomic E-state index is 0. The molecule has 0 amide bonds. The summed E-state index contributed by atoms with van der Waals surface area (Å²) in [5.41, 5.74) is 2.94. The van der Waals surface area contributed by atoms with Crippen molar-refractivity contribution in [2.75, 3.05) is 26.8 Å². The maximum Gasteiger partial charge on any atom is 0.119 e. The van der Waals surface area contributed by atoms with E-state index >= 15 is 0 Å². The number of ether oxygens (including phenoxy) is 2. The van der Waals surface area contributed by atoms with Crippen LogP contribution in [-0.4, -0.2) is 31.7 Å². The molecule has 3 rings (SSSR count). The molecule has 0 aliphatic carbocycles. The zero-order chi connectivity index (χ0) is 14.5. The minimum Gasteiger partial charge on any atom is -0.497 e. The number of nitrogens with zero attached hydrogens (tertiary/aromatic N) is 1. The Kier molecular flexibility index (Phi) is 6.10. The molecule has 2 aromatic rings. The first kappa shape index (κ1) is 16.7. The smallest absolute Gasteiger partial charge is 0.119 e. The van der Waals surface area contributed by atoms with E-state index in [2.05, 4.69) is 29.2 Å². The van der Waals surface area contributed by atoms with Gasteiger partial charge in [-0.1, -0.05) is 24.3 Å². The Bertz CT molecular complexity index is 586. The Morgan fingerprint density at radius 2 is 1.64 bits per heavy atom. The van der Waals surface area contributed by atoms with Crippen molar-refractivity contribution in [3.63, 3.8) is 0 Å². The second kappa shape index (κ2) is 8.06. The summed E-state index contributed by atoms with van der Waals surface area (Å²) >= 11 is 0. The molecule has 22 heavy (non-hydrogen) atoms. The zero-order valence-electron chi connectivity index (χ0n) is 12.8. The third-order valence-electron chi connectivity index (χ3n) is 3.95. The number of rotatable bonds is 5. The number of benzene rings is 2. The number of halogens is 1. The van der Waals surface area contributed by atoms with E-state index < -0.39 is 0 Å². The van der Waals surface area contributed by atoms with Gasteiger partial charge in [-0.3, -0.25) is 4.90 Å².